The first kappa shape index (κ1) is 10.8. The number of benzene rings is 1. The quantitative estimate of drug-likeness (QED) is 0.745. The van der Waals surface area contributed by atoms with Crippen molar-refractivity contribution in [1.82, 2.24) is 9.38 Å². The minimum atomic E-state index is 0.296. The zero-order valence-electron chi connectivity index (χ0n) is 10.2. The molecule has 0 bridgehead atoms. The van der Waals surface area contributed by atoms with Crippen LogP contribution in [0.15, 0.2) is 48.8 Å². The van der Waals surface area contributed by atoms with E-state index >= 15 is 0 Å². The molecule has 1 N–H and O–H groups in total. The molecule has 3 rings (SSSR count). The second-order valence-electron chi connectivity index (χ2n) is 4.55. The van der Waals surface area contributed by atoms with Gasteiger partial charge in [-0.1, -0.05) is 18.2 Å². The zero-order chi connectivity index (χ0) is 12.5. The third kappa shape index (κ3) is 2.07. The molecule has 0 radical (unpaired) electrons. The van der Waals surface area contributed by atoms with Crippen LogP contribution in [0.1, 0.15) is 16.8 Å². The van der Waals surface area contributed by atoms with Crippen molar-refractivity contribution < 1.29 is 5.11 Å². The van der Waals surface area contributed by atoms with Crippen LogP contribution in [0.3, 0.4) is 0 Å². The molecule has 2 heterocycles. The normalized spacial score (nSPS) is 10.9. The maximum Gasteiger partial charge on any atom is 0.137 e. The molecule has 0 amide bonds. The Morgan fingerprint density at radius 2 is 1.83 bits per heavy atom. The average Bonchev–Trinajstić information content (AvgIpc) is 2.73. The topological polar surface area (TPSA) is 37.5 Å². The summed E-state index contributed by atoms with van der Waals surface area (Å²) in [7, 11) is 0. The van der Waals surface area contributed by atoms with Crippen LogP contribution in [0.5, 0.6) is 5.75 Å². The van der Waals surface area contributed by atoms with Crippen molar-refractivity contribution in [2.45, 2.75) is 13.3 Å². The van der Waals surface area contributed by atoms with Gasteiger partial charge in [0.2, 0.25) is 0 Å². The van der Waals surface area contributed by atoms with E-state index in [9.17, 15) is 5.11 Å². The summed E-state index contributed by atoms with van der Waals surface area (Å²) in [6.07, 6.45) is 4.90. The minimum Gasteiger partial charge on any atom is -0.508 e. The fourth-order valence-electron chi connectivity index (χ4n) is 2.06. The molecule has 90 valence electrons. The van der Waals surface area contributed by atoms with Gasteiger partial charge in [-0.2, -0.15) is 0 Å². The van der Waals surface area contributed by atoms with Crippen LogP contribution in [-0.4, -0.2) is 14.5 Å². The van der Waals surface area contributed by atoms with Crippen molar-refractivity contribution in [1.29, 1.82) is 0 Å². The minimum absolute atomic E-state index is 0.296. The number of imidazole rings is 1. The molecule has 0 saturated carbocycles. The number of phenolic OH excluding ortho intramolecular Hbond substituents is 1. The van der Waals surface area contributed by atoms with Gasteiger partial charge >= 0.3 is 0 Å². The van der Waals surface area contributed by atoms with Crippen LogP contribution in [-0.2, 0) is 6.42 Å². The van der Waals surface area contributed by atoms with Gasteiger partial charge < -0.3 is 9.51 Å². The fourth-order valence-corrected chi connectivity index (χ4v) is 2.06. The van der Waals surface area contributed by atoms with Crippen LogP contribution in [0, 0.1) is 6.92 Å². The summed E-state index contributed by atoms with van der Waals surface area (Å²) in [5.74, 6) is 0.296. The maximum absolute atomic E-state index is 9.25. The van der Waals surface area contributed by atoms with Crippen molar-refractivity contribution in [3.05, 3.63) is 65.6 Å². The average molecular weight is 238 g/mol. The van der Waals surface area contributed by atoms with E-state index in [0.29, 0.717) is 5.75 Å². The van der Waals surface area contributed by atoms with Crippen LogP contribution < -0.4 is 0 Å². The Morgan fingerprint density at radius 1 is 1.06 bits per heavy atom. The Kier molecular flexibility index (Phi) is 2.52. The number of aromatic hydroxyl groups is 1. The monoisotopic (exact) mass is 238 g/mol. The lowest BCUT2D eigenvalue weighted by atomic mass is 10.1. The van der Waals surface area contributed by atoms with Crippen molar-refractivity contribution in [2.24, 2.45) is 0 Å². The number of rotatable bonds is 2. The van der Waals surface area contributed by atoms with Gasteiger partial charge in [-0.25, -0.2) is 4.98 Å². The summed E-state index contributed by atoms with van der Waals surface area (Å²) in [6.45, 7) is 2.07. The second-order valence-corrected chi connectivity index (χ2v) is 4.55. The van der Waals surface area contributed by atoms with Crippen LogP contribution in [0.4, 0.5) is 0 Å². The zero-order valence-corrected chi connectivity index (χ0v) is 10.2. The molecule has 0 unspecified atom stereocenters. The number of fused-ring (bicyclic) bond motifs is 1. The van der Waals surface area contributed by atoms with Crippen LogP contribution >= 0.6 is 0 Å². The summed E-state index contributed by atoms with van der Waals surface area (Å²) >= 11 is 0. The Bertz CT molecular complexity index is 683. The van der Waals surface area contributed by atoms with Gasteiger partial charge in [0, 0.05) is 18.8 Å². The first-order valence-electron chi connectivity index (χ1n) is 5.93. The Labute approximate surface area is 105 Å². The lowest BCUT2D eigenvalue weighted by Crippen LogP contribution is -1.87. The predicted molar refractivity (Wildman–Crippen MR) is 70.8 cm³/mol. The summed E-state index contributed by atoms with van der Waals surface area (Å²) in [4.78, 5) is 4.57. The lowest BCUT2D eigenvalue weighted by molar-refractivity contribution is 0.475. The fraction of sp³-hybridized carbons (Fsp3) is 0.133. The molecule has 0 atom stereocenters. The van der Waals surface area contributed by atoms with E-state index in [1.807, 2.05) is 22.6 Å². The van der Waals surface area contributed by atoms with Crippen LogP contribution in [0.2, 0.25) is 0 Å². The number of hydrogen-bond acceptors (Lipinski definition) is 2. The Hall–Kier alpha value is -2.29. The van der Waals surface area contributed by atoms with E-state index in [4.69, 9.17) is 0 Å². The van der Waals surface area contributed by atoms with Gasteiger partial charge in [0.25, 0.3) is 0 Å². The Balaban J connectivity index is 1.92. The summed E-state index contributed by atoms with van der Waals surface area (Å²) in [6, 6.07) is 11.3. The molecule has 18 heavy (non-hydrogen) atoms. The lowest BCUT2D eigenvalue weighted by Gasteiger charge is -1.97. The van der Waals surface area contributed by atoms with Crippen molar-refractivity contribution in [2.75, 3.05) is 0 Å². The molecule has 0 spiro atoms. The van der Waals surface area contributed by atoms with Gasteiger partial charge in [-0.15, -0.1) is 0 Å². The highest BCUT2D eigenvalue weighted by Gasteiger charge is 2.03. The molecule has 1 aromatic carbocycles. The van der Waals surface area contributed by atoms with E-state index in [-0.39, 0.29) is 0 Å². The van der Waals surface area contributed by atoms with Crippen LogP contribution in [0.25, 0.3) is 5.65 Å². The molecule has 3 heteroatoms. The highest BCUT2D eigenvalue weighted by molar-refractivity contribution is 5.42. The molecule has 3 aromatic rings. The SMILES string of the molecule is Cc1ccc2nc(Cc3ccc(O)cc3)cn2c1. The highest BCUT2D eigenvalue weighted by atomic mass is 16.3. The number of hydrogen-bond donors (Lipinski definition) is 1. The van der Waals surface area contributed by atoms with E-state index in [2.05, 4.69) is 30.4 Å². The number of phenols is 1. The van der Waals surface area contributed by atoms with E-state index in [0.717, 1.165) is 23.3 Å². The van der Waals surface area contributed by atoms with Crippen molar-refractivity contribution >= 4 is 5.65 Å². The second kappa shape index (κ2) is 4.18. The Morgan fingerprint density at radius 3 is 2.61 bits per heavy atom. The number of nitrogens with zero attached hydrogens (tertiary/aromatic N) is 2. The largest absolute Gasteiger partial charge is 0.508 e. The van der Waals surface area contributed by atoms with E-state index in [1.165, 1.54) is 5.56 Å². The third-order valence-electron chi connectivity index (χ3n) is 2.97. The predicted octanol–water partition coefficient (Wildman–Crippen LogP) is 2.94. The third-order valence-corrected chi connectivity index (χ3v) is 2.97. The summed E-state index contributed by atoms with van der Waals surface area (Å²) in [5.41, 5.74) is 4.37. The maximum atomic E-state index is 9.25. The van der Waals surface area contributed by atoms with Gasteiger partial charge in [-0.3, -0.25) is 0 Å². The molecule has 3 nitrogen and oxygen atoms in total. The van der Waals surface area contributed by atoms with Gasteiger partial charge in [0.15, 0.2) is 0 Å². The van der Waals surface area contributed by atoms with Gasteiger partial charge in [0.1, 0.15) is 11.4 Å². The highest BCUT2D eigenvalue weighted by Crippen LogP contribution is 2.14. The number of aryl methyl sites for hydroxylation is 1. The number of aromatic nitrogens is 2. The van der Waals surface area contributed by atoms with Gasteiger partial charge in [-0.05, 0) is 36.2 Å². The molecule has 2 aromatic heterocycles. The summed E-state index contributed by atoms with van der Waals surface area (Å²) in [5, 5.41) is 9.25. The van der Waals surface area contributed by atoms with Crippen molar-refractivity contribution in [3.63, 3.8) is 0 Å². The molecule has 0 aliphatic carbocycles. The molecular weight excluding hydrogens is 224 g/mol. The molecular formula is C15H14N2O. The summed E-state index contributed by atoms with van der Waals surface area (Å²) < 4.78 is 2.05. The molecule has 0 aliphatic heterocycles. The van der Waals surface area contributed by atoms with E-state index < -0.39 is 0 Å². The first-order chi connectivity index (χ1) is 8.70. The van der Waals surface area contributed by atoms with Gasteiger partial charge in [0.05, 0.1) is 5.69 Å². The van der Waals surface area contributed by atoms with Crippen molar-refractivity contribution in [3.8, 4) is 5.75 Å². The molecule has 0 saturated heterocycles. The molecule has 0 aliphatic rings. The smallest absolute Gasteiger partial charge is 0.137 e. The number of pyridine rings is 1. The standard InChI is InChI=1S/C15H14N2O/c1-11-2-7-15-16-13(10-17(15)9-11)8-12-3-5-14(18)6-4-12/h2-7,9-10,18H,8H2,1H3. The van der Waals surface area contributed by atoms with E-state index in [1.54, 1.807) is 12.1 Å². The molecule has 0 fully saturated rings. The first-order valence-corrected chi connectivity index (χ1v) is 5.93.